The fourth-order valence-corrected chi connectivity index (χ4v) is 3.02. The lowest BCUT2D eigenvalue weighted by atomic mass is 10.1. The topological polar surface area (TPSA) is 52.6 Å². The molecule has 3 rings (SSSR count). The number of fused-ring (bicyclic) bond motifs is 1. The first-order valence-corrected chi connectivity index (χ1v) is 7.61. The standard InChI is InChI=1S/C15H18N2O3S/c1-9-6-17-15(21-9)10(2)16-7-11-4-12(18-3)14-13(5-11)19-8-20-14/h4-6,10,16H,7-8H2,1-3H3. The largest absolute Gasteiger partial charge is 0.493 e. The fraction of sp³-hybridized carbons (Fsp3) is 0.400. The number of ether oxygens (including phenoxy) is 3. The third kappa shape index (κ3) is 2.96. The molecule has 21 heavy (non-hydrogen) atoms. The summed E-state index contributed by atoms with van der Waals surface area (Å²) in [6.07, 6.45) is 1.90. The number of hydrogen-bond donors (Lipinski definition) is 1. The molecule has 1 N–H and O–H groups in total. The van der Waals surface area contributed by atoms with Crippen molar-refractivity contribution >= 4 is 11.3 Å². The zero-order valence-electron chi connectivity index (χ0n) is 12.3. The summed E-state index contributed by atoms with van der Waals surface area (Å²) in [5.41, 5.74) is 1.09. The Morgan fingerprint density at radius 2 is 2.29 bits per heavy atom. The van der Waals surface area contributed by atoms with Gasteiger partial charge in [0.05, 0.1) is 13.2 Å². The Balaban J connectivity index is 1.71. The summed E-state index contributed by atoms with van der Waals surface area (Å²) >= 11 is 1.72. The van der Waals surface area contributed by atoms with E-state index in [1.54, 1.807) is 18.4 Å². The molecule has 1 aromatic carbocycles. The molecule has 0 radical (unpaired) electrons. The summed E-state index contributed by atoms with van der Waals surface area (Å²) in [6, 6.07) is 4.16. The molecule has 1 aliphatic rings. The summed E-state index contributed by atoms with van der Waals surface area (Å²) in [5.74, 6) is 2.13. The van der Waals surface area contributed by atoms with Gasteiger partial charge in [0, 0.05) is 17.6 Å². The van der Waals surface area contributed by atoms with Crippen LogP contribution in [0.3, 0.4) is 0 Å². The highest BCUT2D eigenvalue weighted by molar-refractivity contribution is 7.11. The Hall–Kier alpha value is -1.79. The van der Waals surface area contributed by atoms with Crippen LogP contribution in [-0.2, 0) is 6.54 Å². The summed E-state index contributed by atoms with van der Waals surface area (Å²) in [5, 5.41) is 4.56. The van der Waals surface area contributed by atoms with Gasteiger partial charge in [-0.3, -0.25) is 0 Å². The molecule has 1 unspecified atom stereocenters. The van der Waals surface area contributed by atoms with Crippen molar-refractivity contribution < 1.29 is 14.2 Å². The van der Waals surface area contributed by atoms with Crippen molar-refractivity contribution in [1.82, 2.24) is 10.3 Å². The number of benzene rings is 1. The smallest absolute Gasteiger partial charge is 0.231 e. The van der Waals surface area contributed by atoms with E-state index in [4.69, 9.17) is 14.2 Å². The minimum absolute atomic E-state index is 0.208. The van der Waals surface area contributed by atoms with Crippen LogP contribution in [0.5, 0.6) is 17.2 Å². The van der Waals surface area contributed by atoms with Gasteiger partial charge in [0.2, 0.25) is 12.5 Å². The molecule has 1 atom stereocenters. The normalized spacial score (nSPS) is 14.2. The van der Waals surface area contributed by atoms with Crippen LogP contribution < -0.4 is 19.5 Å². The zero-order valence-corrected chi connectivity index (χ0v) is 13.1. The van der Waals surface area contributed by atoms with Gasteiger partial charge in [0.1, 0.15) is 5.01 Å². The molecule has 0 aliphatic carbocycles. The molecule has 2 aromatic rings. The zero-order chi connectivity index (χ0) is 14.8. The molecule has 2 heterocycles. The summed E-state index contributed by atoms with van der Waals surface area (Å²) in [4.78, 5) is 5.63. The van der Waals surface area contributed by atoms with Crippen molar-refractivity contribution in [2.45, 2.75) is 26.4 Å². The first-order valence-electron chi connectivity index (χ1n) is 6.79. The van der Waals surface area contributed by atoms with Crippen LogP contribution in [0.1, 0.15) is 28.4 Å². The van der Waals surface area contributed by atoms with Crippen LogP contribution in [0.15, 0.2) is 18.3 Å². The lowest BCUT2D eigenvalue weighted by Crippen LogP contribution is -2.17. The van der Waals surface area contributed by atoms with E-state index in [0.717, 1.165) is 16.3 Å². The van der Waals surface area contributed by atoms with Gasteiger partial charge in [-0.2, -0.15) is 0 Å². The lowest BCUT2D eigenvalue weighted by molar-refractivity contribution is 0.171. The van der Waals surface area contributed by atoms with Crippen molar-refractivity contribution in [3.05, 3.63) is 33.8 Å². The highest BCUT2D eigenvalue weighted by Crippen LogP contribution is 2.41. The Bertz CT molecular complexity index is 642. The number of aryl methyl sites for hydroxylation is 1. The molecular formula is C15H18N2O3S. The first-order chi connectivity index (χ1) is 10.2. The van der Waals surface area contributed by atoms with E-state index in [1.165, 1.54) is 4.88 Å². The number of nitrogens with one attached hydrogen (secondary N) is 1. The number of hydrogen-bond acceptors (Lipinski definition) is 6. The number of aromatic nitrogens is 1. The number of methoxy groups -OCH3 is 1. The number of thiazole rings is 1. The predicted octanol–water partition coefficient (Wildman–Crippen LogP) is 3.04. The van der Waals surface area contributed by atoms with Gasteiger partial charge >= 0.3 is 0 Å². The molecule has 0 amide bonds. The molecular weight excluding hydrogens is 288 g/mol. The Morgan fingerprint density at radius 3 is 3.00 bits per heavy atom. The van der Waals surface area contributed by atoms with Gasteiger partial charge < -0.3 is 19.5 Å². The number of rotatable bonds is 5. The van der Waals surface area contributed by atoms with Gasteiger partial charge in [-0.25, -0.2) is 4.98 Å². The van der Waals surface area contributed by atoms with E-state index in [-0.39, 0.29) is 12.8 Å². The van der Waals surface area contributed by atoms with Crippen LogP contribution in [0, 0.1) is 6.92 Å². The molecule has 0 saturated carbocycles. The average molecular weight is 306 g/mol. The maximum Gasteiger partial charge on any atom is 0.231 e. The van der Waals surface area contributed by atoms with Crippen LogP contribution in [0.25, 0.3) is 0 Å². The second kappa shape index (κ2) is 5.91. The summed E-state index contributed by atoms with van der Waals surface area (Å²) in [6.45, 7) is 5.14. The van der Waals surface area contributed by atoms with Crippen molar-refractivity contribution in [3.8, 4) is 17.2 Å². The highest BCUT2D eigenvalue weighted by atomic mass is 32.1. The van der Waals surface area contributed by atoms with Crippen molar-refractivity contribution in [2.75, 3.05) is 13.9 Å². The van der Waals surface area contributed by atoms with Crippen LogP contribution in [0.4, 0.5) is 0 Å². The van der Waals surface area contributed by atoms with E-state index >= 15 is 0 Å². The maximum absolute atomic E-state index is 5.44. The van der Waals surface area contributed by atoms with E-state index in [1.807, 2.05) is 18.3 Å². The molecule has 6 heteroatoms. The van der Waals surface area contributed by atoms with E-state index in [2.05, 4.69) is 24.1 Å². The molecule has 0 spiro atoms. The molecule has 1 aromatic heterocycles. The minimum atomic E-state index is 0.208. The van der Waals surface area contributed by atoms with Gasteiger partial charge in [-0.1, -0.05) is 0 Å². The van der Waals surface area contributed by atoms with E-state index in [9.17, 15) is 0 Å². The van der Waals surface area contributed by atoms with E-state index < -0.39 is 0 Å². The van der Waals surface area contributed by atoms with Crippen molar-refractivity contribution in [3.63, 3.8) is 0 Å². The summed E-state index contributed by atoms with van der Waals surface area (Å²) in [7, 11) is 1.63. The molecule has 112 valence electrons. The lowest BCUT2D eigenvalue weighted by Gasteiger charge is -2.13. The number of nitrogens with zero attached hydrogens (tertiary/aromatic N) is 1. The Morgan fingerprint density at radius 1 is 1.43 bits per heavy atom. The van der Waals surface area contributed by atoms with Gasteiger partial charge in [-0.15, -0.1) is 11.3 Å². The van der Waals surface area contributed by atoms with Crippen molar-refractivity contribution in [2.24, 2.45) is 0 Å². The second-order valence-corrected chi connectivity index (χ2v) is 6.21. The Labute approximate surface area is 127 Å². The predicted molar refractivity (Wildman–Crippen MR) is 81.2 cm³/mol. The van der Waals surface area contributed by atoms with Gasteiger partial charge in [0.15, 0.2) is 11.5 Å². The summed E-state index contributed by atoms with van der Waals surface area (Å²) < 4.78 is 16.2. The van der Waals surface area contributed by atoms with Crippen LogP contribution in [0.2, 0.25) is 0 Å². The Kier molecular flexibility index (Phi) is 3.98. The highest BCUT2D eigenvalue weighted by Gasteiger charge is 2.20. The van der Waals surface area contributed by atoms with Gasteiger partial charge in [-0.05, 0) is 31.5 Å². The first kappa shape index (κ1) is 14.2. The third-order valence-corrected chi connectivity index (χ3v) is 4.44. The maximum atomic E-state index is 5.44. The quantitative estimate of drug-likeness (QED) is 0.920. The fourth-order valence-electron chi connectivity index (χ4n) is 2.22. The van der Waals surface area contributed by atoms with Crippen LogP contribution >= 0.6 is 11.3 Å². The average Bonchev–Trinajstić information content (AvgIpc) is 3.12. The molecule has 0 saturated heterocycles. The SMILES string of the molecule is COc1cc(CNC(C)c2ncc(C)s2)cc2c1OCO2. The van der Waals surface area contributed by atoms with Gasteiger partial charge in [0.25, 0.3) is 0 Å². The molecule has 0 fully saturated rings. The van der Waals surface area contributed by atoms with Crippen LogP contribution in [-0.4, -0.2) is 18.9 Å². The monoisotopic (exact) mass is 306 g/mol. The molecule has 5 nitrogen and oxygen atoms in total. The van der Waals surface area contributed by atoms with Crippen molar-refractivity contribution in [1.29, 1.82) is 0 Å². The minimum Gasteiger partial charge on any atom is -0.493 e. The molecule has 1 aliphatic heterocycles. The van der Waals surface area contributed by atoms with E-state index in [0.29, 0.717) is 18.0 Å². The third-order valence-electron chi connectivity index (χ3n) is 3.34. The molecule has 0 bridgehead atoms. The second-order valence-electron chi connectivity index (χ2n) is 4.94.